The summed E-state index contributed by atoms with van der Waals surface area (Å²) in [6.07, 6.45) is 1.60. The number of aryl methyl sites for hydroxylation is 1. The smallest absolute Gasteiger partial charge is 0.304 e. The van der Waals surface area contributed by atoms with Crippen molar-refractivity contribution < 1.29 is 19.0 Å². The number of carboxylic acid groups (broad SMARTS) is 1. The number of aliphatic carboxylic acids is 1. The Balaban J connectivity index is 2.13. The Kier molecular flexibility index (Phi) is 5.77. The van der Waals surface area contributed by atoms with E-state index < -0.39 is 17.7 Å². The minimum Gasteiger partial charge on any atom is -0.496 e. The van der Waals surface area contributed by atoms with E-state index in [9.17, 15) is 14.3 Å². The van der Waals surface area contributed by atoms with E-state index in [1.54, 1.807) is 24.4 Å². The molecule has 1 heterocycles. The Bertz CT molecular complexity index is 989. The maximum Gasteiger partial charge on any atom is 0.304 e. The van der Waals surface area contributed by atoms with Gasteiger partial charge in [0.2, 0.25) is 0 Å². The molecule has 0 bridgehead atoms. The van der Waals surface area contributed by atoms with Gasteiger partial charge in [-0.05, 0) is 48.4 Å². The van der Waals surface area contributed by atoms with Gasteiger partial charge < -0.3 is 9.84 Å². The van der Waals surface area contributed by atoms with Crippen LogP contribution in [-0.4, -0.2) is 23.2 Å². The summed E-state index contributed by atoms with van der Waals surface area (Å²) in [5.74, 6) is -1.27. The third kappa shape index (κ3) is 4.46. The maximum absolute atomic E-state index is 13.8. The van der Waals surface area contributed by atoms with Crippen LogP contribution in [0.3, 0.4) is 0 Å². The summed E-state index contributed by atoms with van der Waals surface area (Å²) in [5, 5.41) is 10.5. The number of rotatable bonds is 6. The monoisotopic (exact) mass is 405 g/mol. The van der Waals surface area contributed by atoms with E-state index in [2.05, 4.69) is 4.98 Å². The number of halogens is 2. The Labute approximate surface area is 165 Å². The van der Waals surface area contributed by atoms with Gasteiger partial charge in [-0.25, -0.2) is 9.37 Å². The molecule has 1 unspecified atom stereocenters. The summed E-state index contributed by atoms with van der Waals surface area (Å²) in [6.45, 7) is 1.92. The second-order valence-corrected chi connectivity index (χ2v) is 7.78. The molecule has 1 N–H and O–H groups in total. The largest absolute Gasteiger partial charge is 0.496 e. The van der Waals surface area contributed by atoms with Gasteiger partial charge in [0.25, 0.3) is 0 Å². The zero-order valence-electron chi connectivity index (χ0n) is 14.7. The first kappa shape index (κ1) is 19.3. The average Bonchev–Trinajstić information content (AvgIpc) is 3.05. The average molecular weight is 406 g/mol. The number of hydrogen-bond acceptors (Lipinski definition) is 4. The van der Waals surface area contributed by atoms with Crippen molar-refractivity contribution in [2.24, 2.45) is 0 Å². The molecule has 0 aliphatic carbocycles. The van der Waals surface area contributed by atoms with Gasteiger partial charge in [-0.15, -0.1) is 11.3 Å². The lowest BCUT2D eigenvalue weighted by Crippen LogP contribution is -2.08. The fourth-order valence-electron chi connectivity index (χ4n) is 2.93. The molecule has 0 aliphatic rings. The summed E-state index contributed by atoms with van der Waals surface area (Å²) in [5.41, 5.74) is 1.91. The van der Waals surface area contributed by atoms with Crippen LogP contribution in [0.5, 0.6) is 5.75 Å². The minimum atomic E-state index is -0.933. The molecule has 2 aromatic carbocycles. The summed E-state index contributed by atoms with van der Waals surface area (Å²) < 4.78 is 19.1. The van der Waals surface area contributed by atoms with Gasteiger partial charge in [-0.1, -0.05) is 17.7 Å². The van der Waals surface area contributed by atoms with Crippen LogP contribution in [0.25, 0.3) is 11.1 Å². The molecule has 1 aromatic heterocycles. The van der Waals surface area contributed by atoms with Crippen LogP contribution in [0.15, 0.2) is 42.6 Å². The second-order valence-electron chi connectivity index (χ2n) is 6.08. The molecule has 0 radical (unpaired) electrons. The molecule has 140 valence electrons. The molecule has 1 atom stereocenters. The standard InChI is InChI=1S/C20H17ClFNO3S/c1-11-10-23-20(27-11)17(9-19(24)25)13-5-12(6-14(21)7-13)16-8-15(22)3-4-18(16)26-2/h3-8,10,17H,9H2,1-2H3,(H,24,25). The highest BCUT2D eigenvalue weighted by Gasteiger charge is 2.22. The molecule has 0 aliphatic heterocycles. The lowest BCUT2D eigenvalue weighted by atomic mass is 9.92. The number of nitrogens with zero attached hydrogens (tertiary/aromatic N) is 1. The van der Waals surface area contributed by atoms with Crippen LogP contribution in [0.1, 0.15) is 27.8 Å². The Hall–Kier alpha value is -2.44. The minimum absolute atomic E-state index is 0.118. The lowest BCUT2D eigenvalue weighted by Gasteiger charge is -2.16. The first-order valence-corrected chi connectivity index (χ1v) is 9.35. The van der Waals surface area contributed by atoms with Crippen LogP contribution in [0.4, 0.5) is 4.39 Å². The quantitative estimate of drug-likeness (QED) is 0.586. The Morgan fingerprint density at radius 3 is 2.74 bits per heavy atom. The third-order valence-corrected chi connectivity index (χ3v) is 5.36. The highest BCUT2D eigenvalue weighted by atomic mass is 35.5. The number of hydrogen-bond donors (Lipinski definition) is 1. The molecule has 7 heteroatoms. The predicted molar refractivity (Wildman–Crippen MR) is 104 cm³/mol. The van der Waals surface area contributed by atoms with Crippen LogP contribution in [0.2, 0.25) is 5.02 Å². The van der Waals surface area contributed by atoms with E-state index in [0.29, 0.717) is 32.5 Å². The van der Waals surface area contributed by atoms with Crippen molar-refractivity contribution >= 4 is 28.9 Å². The topological polar surface area (TPSA) is 59.4 Å². The molecule has 0 spiro atoms. The van der Waals surface area contributed by atoms with Gasteiger partial charge in [0.15, 0.2) is 0 Å². The van der Waals surface area contributed by atoms with Crippen molar-refractivity contribution in [3.8, 4) is 16.9 Å². The van der Waals surface area contributed by atoms with Gasteiger partial charge in [0.1, 0.15) is 16.6 Å². The second kappa shape index (κ2) is 8.06. The molecule has 0 saturated heterocycles. The van der Waals surface area contributed by atoms with Gasteiger partial charge >= 0.3 is 5.97 Å². The van der Waals surface area contributed by atoms with E-state index in [0.717, 1.165) is 4.88 Å². The number of methoxy groups -OCH3 is 1. The highest BCUT2D eigenvalue weighted by molar-refractivity contribution is 7.11. The lowest BCUT2D eigenvalue weighted by molar-refractivity contribution is -0.137. The van der Waals surface area contributed by atoms with Crippen molar-refractivity contribution in [3.05, 3.63) is 68.9 Å². The number of benzene rings is 2. The normalized spacial score (nSPS) is 12.0. The summed E-state index contributed by atoms with van der Waals surface area (Å²) in [7, 11) is 1.51. The summed E-state index contributed by atoms with van der Waals surface area (Å²) >= 11 is 7.76. The number of thiazole rings is 1. The molecular weight excluding hydrogens is 389 g/mol. The van der Waals surface area contributed by atoms with E-state index in [1.807, 2.05) is 13.0 Å². The van der Waals surface area contributed by atoms with Gasteiger partial charge in [0.05, 0.1) is 13.5 Å². The molecule has 0 saturated carbocycles. The van der Waals surface area contributed by atoms with E-state index in [4.69, 9.17) is 16.3 Å². The van der Waals surface area contributed by atoms with Gasteiger partial charge in [-0.2, -0.15) is 0 Å². The van der Waals surface area contributed by atoms with Crippen LogP contribution in [0, 0.1) is 12.7 Å². The Morgan fingerprint density at radius 1 is 1.33 bits per heavy atom. The van der Waals surface area contributed by atoms with Crippen LogP contribution >= 0.6 is 22.9 Å². The van der Waals surface area contributed by atoms with Crippen LogP contribution in [-0.2, 0) is 4.79 Å². The highest BCUT2D eigenvalue weighted by Crippen LogP contribution is 2.38. The SMILES string of the molecule is COc1ccc(F)cc1-c1cc(Cl)cc(C(CC(=O)O)c2ncc(C)s2)c1. The fraction of sp³-hybridized carbons (Fsp3) is 0.200. The van der Waals surface area contributed by atoms with E-state index in [1.165, 1.54) is 30.6 Å². The zero-order valence-corrected chi connectivity index (χ0v) is 16.3. The number of carbonyl (C=O) groups is 1. The van der Waals surface area contributed by atoms with Crippen molar-refractivity contribution in [1.82, 2.24) is 4.98 Å². The molecule has 0 amide bonds. The molecular formula is C20H17ClFNO3S. The number of ether oxygens (including phenoxy) is 1. The first-order chi connectivity index (χ1) is 12.9. The molecule has 0 fully saturated rings. The number of aromatic nitrogens is 1. The summed E-state index contributed by atoms with van der Waals surface area (Å²) in [6, 6.07) is 9.47. The van der Waals surface area contributed by atoms with Gasteiger partial charge in [-0.3, -0.25) is 4.79 Å². The maximum atomic E-state index is 13.8. The van der Waals surface area contributed by atoms with Crippen molar-refractivity contribution in [1.29, 1.82) is 0 Å². The van der Waals surface area contributed by atoms with Gasteiger partial charge in [0, 0.05) is 27.6 Å². The van der Waals surface area contributed by atoms with Crippen molar-refractivity contribution in [2.75, 3.05) is 7.11 Å². The molecule has 27 heavy (non-hydrogen) atoms. The molecule has 3 rings (SSSR count). The van der Waals surface area contributed by atoms with Crippen molar-refractivity contribution in [3.63, 3.8) is 0 Å². The fourth-order valence-corrected chi connectivity index (χ4v) is 4.08. The molecule has 3 aromatic rings. The predicted octanol–water partition coefficient (Wildman–Crippen LogP) is 5.53. The third-order valence-electron chi connectivity index (χ3n) is 4.11. The van der Waals surface area contributed by atoms with Crippen LogP contribution < -0.4 is 4.74 Å². The Morgan fingerprint density at radius 2 is 2.11 bits per heavy atom. The number of carboxylic acids is 1. The van der Waals surface area contributed by atoms with Crippen molar-refractivity contribution in [2.45, 2.75) is 19.3 Å². The van der Waals surface area contributed by atoms with E-state index >= 15 is 0 Å². The first-order valence-electron chi connectivity index (χ1n) is 8.16. The van der Waals surface area contributed by atoms with E-state index in [-0.39, 0.29) is 6.42 Å². The summed E-state index contributed by atoms with van der Waals surface area (Å²) in [4.78, 5) is 16.8. The zero-order chi connectivity index (χ0) is 19.6. The molecule has 4 nitrogen and oxygen atoms in total.